The van der Waals surface area contributed by atoms with Gasteiger partial charge in [0.15, 0.2) is 9.84 Å². The summed E-state index contributed by atoms with van der Waals surface area (Å²) >= 11 is 0. The lowest BCUT2D eigenvalue weighted by Crippen LogP contribution is -2.48. The lowest BCUT2D eigenvalue weighted by Gasteiger charge is -2.38. The molecule has 1 unspecified atom stereocenters. The number of piperidine rings is 1. The smallest absolute Gasteiger partial charge is 0.329 e. The number of carbonyl (C=O) groups is 1. The third kappa shape index (κ3) is 4.43. The van der Waals surface area contributed by atoms with Gasteiger partial charge in [0.1, 0.15) is 6.61 Å². The SMILES string of the molecule is O=C(O)COC1CCN(C2CCCS(=O)(=O)C2)CC1. The van der Waals surface area contributed by atoms with E-state index in [9.17, 15) is 13.2 Å². The Hall–Kier alpha value is -0.660. The molecule has 110 valence electrons. The summed E-state index contributed by atoms with van der Waals surface area (Å²) in [7, 11) is -2.87. The number of ether oxygens (including phenoxy) is 1. The van der Waals surface area contributed by atoms with E-state index in [2.05, 4.69) is 4.90 Å². The zero-order chi connectivity index (χ0) is 13.9. The molecular formula is C12H21NO5S. The molecule has 2 heterocycles. The van der Waals surface area contributed by atoms with Gasteiger partial charge in [0, 0.05) is 19.1 Å². The summed E-state index contributed by atoms with van der Waals surface area (Å²) in [6, 6.07) is 0.138. The van der Waals surface area contributed by atoms with Crippen LogP contribution in [-0.2, 0) is 19.4 Å². The van der Waals surface area contributed by atoms with Crippen molar-refractivity contribution in [2.75, 3.05) is 31.2 Å². The van der Waals surface area contributed by atoms with Crippen LogP contribution in [0, 0.1) is 0 Å². The molecule has 1 N–H and O–H groups in total. The van der Waals surface area contributed by atoms with E-state index in [1.54, 1.807) is 0 Å². The summed E-state index contributed by atoms with van der Waals surface area (Å²) in [6.45, 7) is 1.34. The average molecular weight is 291 g/mol. The maximum atomic E-state index is 11.6. The number of sulfone groups is 1. The quantitative estimate of drug-likeness (QED) is 0.792. The van der Waals surface area contributed by atoms with E-state index in [1.807, 2.05) is 0 Å². The summed E-state index contributed by atoms with van der Waals surface area (Å²) in [4.78, 5) is 12.6. The zero-order valence-corrected chi connectivity index (χ0v) is 11.8. The first-order chi connectivity index (χ1) is 8.96. The van der Waals surface area contributed by atoms with Crippen molar-refractivity contribution >= 4 is 15.8 Å². The van der Waals surface area contributed by atoms with Crippen LogP contribution in [0.2, 0.25) is 0 Å². The Balaban J connectivity index is 1.78. The van der Waals surface area contributed by atoms with Crippen LogP contribution in [0.3, 0.4) is 0 Å². The lowest BCUT2D eigenvalue weighted by molar-refractivity contribution is -0.145. The van der Waals surface area contributed by atoms with E-state index in [0.717, 1.165) is 38.8 Å². The number of rotatable bonds is 4. The highest BCUT2D eigenvalue weighted by atomic mass is 32.2. The number of nitrogens with zero attached hydrogens (tertiary/aromatic N) is 1. The molecule has 2 aliphatic rings. The minimum Gasteiger partial charge on any atom is -0.480 e. The van der Waals surface area contributed by atoms with Gasteiger partial charge in [0.2, 0.25) is 0 Å². The first-order valence-corrected chi connectivity index (χ1v) is 8.56. The second-order valence-corrected chi connectivity index (χ2v) is 7.58. The van der Waals surface area contributed by atoms with Crippen LogP contribution in [0.25, 0.3) is 0 Å². The van der Waals surface area contributed by atoms with Crippen molar-refractivity contribution < 1.29 is 23.1 Å². The van der Waals surface area contributed by atoms with Crippen LogP contribution in [0.5, 0.6) is 0 Å². The van der Waals surface area contributed by atoms with Crippen molar-refractivity contribution in [1.29, 1.82) is 0 Å². The van der Waals surface area contributed by atoms with Crippen molar-refractivity contribution in [2.45, 2.75) is 37.8 Å². The zero-order valence-electron chi connectivity index (χ0n) is 11.0. The van der Waals surface area contributed by atoms with Crippen LogP contribution >= 0.6 is 0 Å². The second-order valence-electron chi connectivity index (χ2n) is 5.35. The van der Waals surface area contributed by atoms with Crippen LogP contribution in [0.4, 0.5) is 0 Å². The first kappa shape index (κ1) is 14.7. The molecule has 6 nitrogen and oxygen atoms in total. The number of hydrogen-bond donors (Lipinski definition) is 1. The number of hydrogen-bond acceptors (Lipinski definition) is 5. The molecule has 0 aromatic rings. The Bertz CT molecular complexity index is 414. The van der Waals surface area contributed by atoms with Crippen molar-refractivity contribution in [3.63, 3.8) is 0 Å². The van der Waals surface area contributed by atoms with E-state index in [1.165, 1.54) is 0 Å². The Morgan fingerprint density at radius 3 is 2.53 bits per heavy atom. The van der Waals surface area contributed by atoms with Gasteiger partial charge in [0.25, 0.3) is 0 Å². The molecule has 7 heteroatoms. The molecule has 0 spiro atoms. The molecule has 0 aromatic carbocycles. The van der Waals surface area contributed by atoms with Gasteiger partial charge >= 0.3 is 5.97 Å². The maximum absolute atomic E-state index is 11.6. The van der Waals surface area contributed by atoms with Crippen LogP contribution in [-0.4, -0.2) is 67.7 Å². The van der Waals surface area contributed by atoms with Crippen LogP contribution in [0.1, 0.15) is 25.7 Å². The largest absolute Gasteiger partial charge is 0.480 e. The Kier molecular flexibility index (Phi) is 4.81. The molecule has 1 atom stereocenters. The Morgan fingerprint density at radius 2 is 1.95 bits per heavy atom. The summed E-state index contributed by atoms with van der Waals surface area (Å²) in [6.07, 6.45) is 3.25. The standard InChI is InChI=1S/C12H21NO5S/c14-12(15)8-18-11-3-5-13(6-4-11)10-2-1-7-19(16,17)9-10/h10-11H,1-9H2,(H,14,15). The molecule has 0 amide bonds. The van der Waals surface area contributed by atoms with Crippen molar-refractivity contribution in [1.82, 2.24) is 4.90 Å². The molecule has 0 aliphatic carbocycles. The molecule has 0 bridgehead atoms. The minimum atomic E-state index is -2.87. The second kappa shape index (κ2) is 6.19. The van der Waals surface area contributed by atoms with Gasteiger partial charge in [0.05, 0.1) is 17.6 Å². The fraction of sp³-hybridized carbons (Fsp3) is 0.917. The van der Waals surface area contributed by atoms with Gasteiger partial charge in [-0.05, 0) is 25.7 Å². The summed E-state index contributed by atoms with van der Waals surface area (Å²) in [5.74, 6) is -0.351. The van der Waals surface area contributed by atoms with Gasteiger partial charge < -0.3 is 9.84 Å². The molecule has 0 aromatic heterocycles. The summed E-state index contributed by atoms with van der Waals surface area (Å²) in [5, 5.41) is 8.56. The van der Waals surface area contributed by atoms with Gasteiger partial charge in [-0.1, -0.05) is 0 Å². The highest BCUT2D eigenvalue weighted by Gasteiger charge is 2.31. The van der Waals surface area contributed by atoms with Gasteiger partial charge in [-0.15, -0.1) is 0 Å². The predicted octanol–water partition coefficient (Wildman–Crippen LogP) is 0.129. The third-order valence-corrected chi connectivity index (χ3v) is 5.68. The fourth-order valence-electron chi connectivity index (χ4n) is 2.88. The minimum absolute atomic E-state index is 0.00690. The Labute approximate surface area is 113 Å². The van der Waals surface area contributed by atoms with Gasteiger partial charge in [-0.3, -0.25) is 4.90 Å². The van der Waals surface area contributed by atoms with E-state index in [0.29, 0.717) is 5.75 Å². The molecule has 0 saturated carbocycles. The predicted molar refractivity (Wildman–Crippen MR) is 69.9 cm³/mol. The molecule has 0 radical (unpaired) electrons. The van der Waals surface area contributed by atoms with Crippen LogP contribution in [0.15, 0.2) is 0 Å². The van der Waals surface area contributed by atoms with Crippen LogP contribution < -0.4 is 0 Å². The number of aliphatic carboxylic acids is 1. The average Bonchev–Trinajstić information content (AvgIpc) is 2.36. The topological polar surface area (TPSA) is 83.9 Å². The number of likely N-dealkylation sites (tertiary alicyclic amines) is 1. The fourth-order valence-corrected chi connectivity index (χ4v) is 4.62. The summed E-state index contributed by atoms with van der Waals surface area (Å²) < 4.78 is 28.5. The van der Waals surface area contributed by atoms with Crippen molar-refractivity contribution in [2.24, 2.45) is 0 Å². The van der Waals surface area contributed by atoms with Crippen molar-refractivity contribution in [3.05, 3.63) is 0 Å². The van der Waals surface area contributed by atoms with Gasteiger partial charge in [-0.2, -0.15) is 0 Å². The summed E-state index contributed by atoms with van der Waals surface area (Å²) in [5.41, 5.74) is 0. The molecule has 2 saturated heterocycles. The molecule has 2 aliphatic heterocycles. The molecule has 2 rings (SSSR count). The normalized spacial score (nSPS) is 29.2. The van der Waals surface area contributed by atoms with Crippen molar-refractivity contribution in [3.8, 4) is 0 Å². The monoisotopic (exact) mass is 291 g/mol. The third-order valence-electron chi connectivity index (χ3n) is 3.87. The van der Waals surface area contributed by atoms with E-state index >= 15 is 0 Å². The Morgan fingerprint density at radius 1 is 1.26 bits per heavy atom. The first-order valence-electron chi connectivity index (χ1n) is 6.74. The lowest BCUT2D eigenvalue weighted by atomic mass is 10.0. The highest BCUT2D eigenvalue weighted by molar-refractivity contribution is 7.91. The molecule has 19 heavy (non-hydrogen) atoms. The molecule has 2 fully saturated rings. The van der Waals surface area contributed by atoms with Gasteiger partial charge in [-0.25, -0.2) is 13.2 Å². The van der Waals surface area contributed by atoms with E-state index in [-0.39, 0.29) is 24.5 Å². The number of carboxylic acids is 1. The number of carboxylic acid groups (broad SMARTS) is 1. The van der Waals surface area contributed by atoms with E-state index in [4.69, 9.17) is 9.84 Å². The molecular weight excluding hydrogens is 270 g/mol. The maximum Gasteiger partial charge on any atom is 0.329 e. The highest BCUT2D eigenvalue weighted by Crippen LogP contribution is 2.22. The van der Waals surface area contributed by atoms with E-state index < -0.39 is 15.8 Å².